The number of imidazole rings is 1. The molecule has 5 rings (SSSR count). The minimum absolute atomic E-state index is 0.0198. The lowest BCUT2D eigenvalue weighted by Gasteiger charge is -2.35. The zero-order chi connectivity index (χ0) is 18.5. The number of carbonyl (C=O) groups is 1. The number of hydrogen-bond acceptors (Lipinski definition) is 4. The van der Waals surface area contributed by atoms with E-state index in [1.54, 1.807) is 35.1 Å². The molecular weight excluding hydrogens is 366 g/mol. The van der Waals surface area contributed by atoms with Crippen molar-refractivity contribution in [2.75, 3.05) is 13.1 Å². The summed E-state index contributed by atoms with van der Waals surface area (Å²) in [6.07, 6.45) is 8.20. The van der Waals surface area contributed by atoms with Crippen molar-refractivity contribution in [3.63, 3.8) is 0 Å². The predicted molar refractivity (Wildman–Crippen MR) is 99.6 cm³/mol. The maximum atomic E-state index is 13.0. The Kier molecular flexibility index (Phi) is 3.94. The van der Waals surface area contributed by atoms with Gasteiger partial charge in [0.25, 0.3) is 5.91 Å². The molecule has 7 nitrogen and oxygen atoms in total. The number of fused-ring (bicyclic) bond motifs is 2. The van der Waals surface area contributed by atoms with Crippen LogP contribution < -0.4 is 0 Å². The summed E-state index contributed by atoms with van der Waals surface area (Å²) in [6, 6.07) is 5.42. The summed E-state index contributed by atoms with van der Waals surface area (Å²) < 4.78 is 3.62. The van der Waals surface area contributed by atoms with Gasteiger partial charge in [-0.3, -0.25) is 9.48 Å². The molecule has 3 aromatic rings. The monoisotopic (exact) mass is 385 g/mol. The van der Waals surface area contributed by atoms with Crippen molar-refractivity contribution in [2.45, 2.75) is 25.0 Å². The van der Waals surface area contributed by atoms with E-state index >= 15 is 0 Å². The van der Waals surface area contributed by atoms with Crippen molar-refractivity contribution in [2.24, 2.45) is 11.8 Å². The molecule has 4 atom stereocenters. The van der Waals surface area contributed by atoms with Gasteiger partial charge in [0.05, 0.1) is 17.2 Å². The zero-order valence-electron chi connectivity index (χ0n) is 14.6. The van der Waals surface area contributed by atoms with Crippen LogP contribution in [0.5, 0.6) is 0 Å². The number of hydrogen-bond donors (Lipinski definition) is 1. The number of halogens is 1. The Morgan fingerprint density at radius 2 is 2.00 bits per heavy atom. The van der Waals surface area contributed by atoms with Crippen molar-refractivity contribution < 1.29 is 9.90 Å². The highest BCUT2D eigenvalue weighted by Crippen LogP contribution is 2.41. The maximum Gasteiger partial charge on any atom is 0.274 e. The van der Waals surface area contributed by atoms with Crippen LogP contribution in [0.1, 0.15) is 29.4 Å². The van der Waals surface area contributed by atoms with Crippen LogP contribution in [0.4, 0.5) is 0 Å². The summed E-state index contributed by atoms with van der Waals surface area (Å²) in [4.78, 5) is 19.3. The number of aliphatic hydroxyl groups excluding tert-OH is 1. The molecule has 0 unspecified atom stereocenters. The Hall–Kier alpha value is -2.38. The molecule has 0 aromatic carbocycles. The first-order valence-electron chi connectivity index (χ1n) is 9.19. The third-order valence-corrected chi connectivity index (χ3v) is 6.12. The minimum Gasteiger partial charge on any atom is -0.391 e. The van der Waals surface area contributed by atoms with E-state index in [1.165, 1.54) is 0 Å². The molecular formula is C19H20ClN5O2. The second-order valence-electron chi connectivity index (χ2n) is 7.56. The predicted octanol–water partition coefficient (Wildman–Crippen LogP) is 2.27. The van der Waals surface area contributed by atoms with Crippen molar-refractivity contribution in [1.29, 1.82) is 0 Å². The van der Waals surface area contributed by atoms with Gasteiger partial charge in [0.2, 0.25) is 0 Å². The largest absolute Gasteiger partial charge is 0.391 e. The second-order valence-corrected chi connectivity index (χ2v) is 8.00. The number of likely N-dealkylation sites (tertiary alicyclic amines) is 1. The molecule has 1 aliphatic carbocycles. The van der Waals surface area contributed by atoms with Crippen molar-refractivity contribution in [3.8, 4) is 0 Å². The Balaban J connectivity index is 1.34. The van der Waals surface area contributed by atoms with Crippen LogP contribution in [0.3, 0.4) is 0 Å². The molecule has 1 N–H and O–H groups in total. The van der Waals surface area contributed by atoms with E-state index in [4.69, 9.17) is 11.6 Å². The fourth-order valence-electron chi connectivity index (χ4n) is 4.56. The molecule has 1 aliphatic heterocycles. The van der Waals surface area contributed by atoms with Gasteiger partial charge in [-0.2, -0.15) is 5.10 Å². The maximum absolute atomic E-state index is 13.0. The van der Waals surface area contributed by atoms with Gasteiger partial charge in [0.1, 0.15) is 11.3 Å². The van der Waals surface area contributed by atoms with E-state index < -0.39 is 6.10 Å². The first kappa shape index (κ1) is 16.8. The molecule has 2 fully saturated rings. The highest BCUT2D eigenvalue weighted by molar-refractivity contribution is 6.30. The van der Waals surface area contributed by atoms with Crippen LogP contribution in [0.15, 0.2) is 43.0 Å². The molecule has 140 valence electrons. The normalized spacial score (nSPS) is 27.9. The van der Waals surface area contributed by atoms with Gasteiger partial charge in [0.15, 0.2) is 0 Å². The van der Waals surface area contributed by atoms with Gasteiger partial charge >= 0.3 is 0 Å². The summed E-state index contributed by atoms with van der Waals surface area (Å²) in [6.45, 7) is 1.36. The standard InChI is InChI=1S/C19H20ClN5O2/c20-14-2-3-18-22-15(11-23(18)10-14)19(27)24-8-12-6-16(25-5-1-4-21-25)17(26)7-13(12)9-24/h1-5,10-13,16-17,26H,6-9H2/t12-,13+,16-,17-/m1/s1. The van der Waals surface area contributed by atoms with E-state index in [9.17, 15) is 9.90 Å². The van der Waals surface area contributed by atoms with Crippen LogP contribution >= 0.6 is 11.6 Å². The molecule has 0 radical (unpaired) electrons. The zero-order valence-corrected chi connectivity index (χ0v) is 15.4. The fraction of sp³-hybridized carbons (Fsp3) is 0.421. The van der Waals surface area contributed by atoms with Gasteiger partial charge in [-0.25, -0.2) is 4.98 Å². The Bertz CT molecular complexity index is 985. The van der Waals surface area contributed by atoms with Gasteiger partial charge in [0, 0.05) is 37.9 Å². The molecule has 0 spiro atoms. The molecule has 2 aliphatic rings. The van der Waals surface area contributed by atoms with Crippen LogP contribution in [0.25, 0.3) is 5.65 Å². The topological polar surface area (TPSA) is 75.7 Å². The van der Waals surface area contributed by atoms with E-state index in [-0.39, 0.29) is 11.9 Å². The van der Waals surface area contributed by atoms with Gasteiger partial charge < -0.3 is 14.4 Å². The smallest absolute Gasteiger partial charge is 0.274 e. The number of aromatic nitrogens is 4. The van der Waals surface area contributed by atoms with Crippen molar-refractivity contribution in [1.82, 2.24) is 24.1 Å². The Morgan fingerprint density at radius 1 is 1.19 bits per heavy atom. The third-order valence-electron chi connectivity index (χ3n) is 5.90. The van der Waals surface area contributed by atoms with Crippen molar-refractivity contribution in [3.05, 3.63) is 53.7 Å². The van der Waals surface area contributed by atoms with Gasteiger partial charge in [-0.05, 0) is 42.9 Å². The number of carbonyl (C=O) groups excluding carboxylic acids is 1. The highest BCUT2D eigenvalue weighted by Gasteiger charge is 2.44. The summed E-state index contributed by atoms with van der Waals surface area (Å²) in [5.74, 6) is 0.634. The molecule has 3 aromatic heterocycles. The van der Waals surface area contributed by atoms with Crippen LogP contribution in [-0.2, 0) is 0 Å². The number of aliphatic hydroxyl groups is 1. The molecule has 0 bridgehead atoms. The molecule has 8 heteroatoms. The Morgan fingerprint density at radius 3 is 2.78 bits per heavy atom. The molecule has 1 saturated carbocycles. The molecule has 1 saturated heterocycles. The average molecular weight is 386 g/mol. The number of amides is 1. The van der Waals surface area contributed by atoms with E-state index in [2.05, 4.69) is 10.1 Å². The lowest BCUT2D eigenvalue weighted by molar-refractivity contribution is 0.0306. The van der Waals surface area contributed by atoms with E-state index in [1.807, 2.05) is 21.8 Å². The summed E-state index contributed by atoms with van der Waals surface area (Å²) in [7, 11) is 0. The van der Waals surface area contributed by atoms with Crippen molar-refractivity contribution >= 4 is 23.2 Å². The van der Waals surface area contributed by atoms with Gasteiger partial charge in [-0.1, -0.05) is 11.6 Å². The molecule has 4 heterocycles. The molecule has 1 amide bonds. The first-order valence-corrected chi connectivity index (χ1v) is 9.57. The second kappa shape index (κ2) is 6.35. The van der Waals surface area contributed by atoms with Crippen LogP contribution in [-0.4, -0.2) is 54.3 Å². The number of rotatable bonds is 2. The SMILES string of the molecule is O=C(c1cn2cc(Cl)ccc2n1)N1C[C@H]2C[C@@H](n3cccn3)[C@H](O)C[C@H]2C1. The third kappa shape index (κ3) is 2.91. The lowest BCUT2D eigenvalue weighted by Crippen LogP contribution is -2.36. The van der Waals surface area contributed by atoms with Gasteiger partial charge in [-0.15, -0.1) is 0 Å². The van der Waals surface area contributed by atoms with E-state index in [0.717, 1.165) is 6.42 Å². The van der Waals surface area contributed by atoms with E-state index in [0.29, 0.717) is 47.7 Å². The first-order chi connectivity index (χ1) is 13.1. The average Bonchev–Trinajstić information content (AvgIpc) is 3.38. The Labute approximate surface area is 161 Å². The van der Waals surface area contributed by atoms with Crippen LogP contribution in [0.2, 0.25) is 5.02 Å². The quantitative estimate of drug-likeness (QED) is 0.734. The summed E-state index contributed by atoms with van der Waals surface area (Å²) in [5.41, 5.74) is 1.13. The summed E-state index contributed by atoms with van der Waals surface area (Å²) >= 11 is 6.01. The molecule has 27 heavy (non-hydrogen) atoms. The highest BCUT2D eigenvalue weighted by atomic mass is 35.5. The van der Waals surface area contributed by atoms with Crippen LogP contribution in [0, 0.1) is 11.8 Å². The fourth-order valence-corrected chi connectivity index (χ4v) is 4.73. The minimum atomic E-state index is -0.432. The summed E-state index contributed by atoms with van der Waals surface area (Å²) in [5, 5.41) is 15.5. The number of nitrogens with zero attached hydrogens (tertiary/aromatic N) is 5. The lowest BCUT2D eigenvalue weighted by atomic mass is 9.77. The number of pyridine rings is 1.